The molecule has 0 fully saturated rings. The van der Waals surface area contributed by atoms with Crippen LogP contribution >= 0.6 is 11.6 Å². The minimum Gasteiger partial charge on any atom is -0.507 e. The second-order valence-corrected chi connectivity index (χ2v) is 6.05. The number of anilines is 1. The van der Waals surface area contributed by atoms with Crippen molar-refractivity contribution in [1.29, 1.82) is 0 Å². The predicted molar refractivity (Wildman–Crippen MR) is 92.8 cm³/mol. The Balaban J connectivity index is 1.89. The molecule has 0 saturated heterocycles. The minimum atomic E-state index is -1.28. The molecule has 126 valence electrons. The first-order valence-electron chi connectivity index (χ1n) is 7.60. The van der Waals surface area contributed by atoms with Crippen LogP contribution in [-0.4, -0.2) is 37.1 Å². The van der Waals surface area contributed by atoms with E-state index in [9.17, 15) is 10.2 Å². The molecule has 7 nitrogen and oxygen atoms in total. The number of hydrogen-bond acceptors (Lipinski definition) is 6. The maximum absolute atomic E-state index is 10.6. The summed E-state index contributed by atoms with van der Waals surface area (Å²) in [6.45, 7) is 0. The molecule has 1 aliphatic rings. The van der Waals surface area contributed by atoms with E-state index in [0.717, 1.165) is 11.1 Å². The van der Waals surface area contributed by atoms with Crippen molar-refractivity contribution >= 4 is 23.1 Å². The molecule has 2 atom stereocenters. The predicted octanol–water partition coefficient (Wildman–Crippen LogP) is 2.70. The van der Waals surface area contributed by atoms with E-state index in [-0.39, 0.29) is 11.7 Å². The molecular formula is C17H14ClN5O2. The zero-order valence-electron chi connectivity index (χ0n) is 12.9. The molecule has 8 heteroatoms. The van der Waals surface area contributed by atoms with Gasteiger partial charge in [-0.1, -0.05) is 59.2 Å². The summed E-state index contributed by atoms with van der Waals surface area (Å²) in [6, 6.07) is 16.1. The van der Waals surface area contributed by atoms with Crippen molar-refractivity contribution in [2.75, 3.05) is 4.90 Å². The summed E-state index contributed by atoms with van der Waals surface area (Å²) in [4.78, 5) is 1.50. The largest absolute Gasteiger partial charge is 0.507 e. The summed E-state index contributed by atoms with van der Waals surface area (Å²) < 4.78 is 0. The molecule has 2 unspecified atom stereocenters. The first-order chi connectivity index (χ1) is 12.2. The van der Waals surface area contributed by atoms with E-state index in [2.05, 4.69) is 20.6 Å². The Morgan fingerprint density at radius 3 is 2.40 bits per heavy atom. The van der Waals surface area contributed by atoms with Crippen molar-refractivity contribution < 1.29 is 10.2 Å². The average Bonchev–Trinajstić information content (AvgIpc) is 3.24. The minimum absolute atomic E-state index is 0.143. The molecule has 0 spiro atoms. The summed E-state index contributed by atoms with van der Waals surface area (Å²) in [7, 11) is 0. The number of nitrogens with zero attached hydrogens (tertiary/aromatic N) is 4. The number of aliphatic hydroxyl groups excluding tert-OH is 2. The Labute approximate surface area is 148 Å². The molecule has 0 saturated carbocycles. The van der Waals surface area contributed by atoms with Crippen molar-refractivity contribution in [3.8, 4) is 0 Å². The topological polar surface area (TPSA) is 98.2 Å². The molecule has 3 aromatic rings. The van der Waals surface area contributed by atoms with E-state index in [1.807, 2.05) is 42.5 Å². The van der Waals surface area contributed by atoms with Crippen LogP contribution < -0.4 is 4.90 Å². The fourth-order valence-electron chi connectivity index (χ4n) is 3.08. The number of H-pyrrole nitrogens is 1. The third kappa shape index (κ3) is 2.63. The summed E-state index contributed by atoms with van der Waals surface area (Å²) in [6.07, 6.45) is -1.28. The van der Waals surface area contributed by atoms with Crippen molar-refractivity contribution in [3.05, 3.63) is 76.5 Å². The quantitative estimate of drug-likeness (QED) is 0.668. The Morgan fingerprint density at radius 2 is 1.76 bits per heavy atom. The third-order valence-corrected chi connectivity index (χ3v) is 4.42. The third-order valence-electron chi connectivity index (χ3n) is 4.17. The standard InChI is InChI=1S/C17H14ClN5O2/c18-12-8-6-11(7-9-12)14-13(10-4-2-1-3-5-10)15(24)16(25)23(14)17-19-21-22-20-17/h1-9,14,16,24-25H,(H,19,20,21,22). The zero-order chi connectivity index (χ0) is 17.4. The second kappa shape index (κ2) is 6.19. The summed E-state index contributed by atoms with van der Waals surface area (Å²) >= 11 is 6.00. The number of aromatic amines is 1. The molecule has 2 aromatic carbocycles. The summed E-state index contributed by atoms with van der Waals surface area (Å²) in [5.41, 5.74) is 2.21. The van der Waals surface area contributed by atoms with Gasteiger partial charge in [-0.05, 0) is 28.5 Å². The number of rotatable bonds is 3. The van der Waals surface area contributed by atoms with Crippen molar-refractivity contribution in [3.63, 3.8) is 0 Å². The monoisotopic (exact) mass is 355 g/mol. The van der Waals surface area contributed by atoms with Crippen LogP contribution in [0.4, 0.5) is 5.95 Å². The number of hydrogen-bond donors (Lipinski definition) is 3. The molecule has 1 aliphatic heterocycles. The van der Waals surface area contributed by atoms with Gasteiger partial charge < -0.3 is 10.2 Å². The van der Waals surface area contributed by atoms with Crippen LogP contribution in [-0.2, 0) is 0 Å². The number of halogens is 1. The van der Waals surface area contributed by atoms with Gasteiger partial charge in [-0.25, -0.2) is 0 Å². The molecule has 0 amide bonds. The highest BCUT2D eigenvalue weighted by molar-refractivity contribution is 6.30. The van der Waals surface area contributed by atoms with Crippen molar-refractivity contribution in [2.24, 2.45) is 0 Å². The van der Waals surface area contributed by atoms with Gasteiger partial charge in [0.05, 0.1) is 6.04 Å². The highest BCUT2D eigenvalue weighted by Crippen LogP contribution is 2.45. The summed E-state index contributed by atoms with van der Waals surface area (Å²) in [5.74, 6) is 0.0425. The van der Waals surface area contributed by atoms with Crippen molar-refractivity contribution in [1.82, 2.24) is 20.6 Å². The Kier molecular flexibility index (Phi) is 3.87. The van der Waals surface area contributed by atoms with Crippen LogP contribution in [0.2, 0.25) is 5.02 Å². The lowest BCUT2D eigenvalue weighted by Gasteiger charge is -2.28. The highest BCUT2D eigenvalue weighted by atomic mass is 35.5. The van der Waals surface area contributed by atoms with E-state index >= 15 is 0 Å². The van der Waals surface area contributed by atoms with Gasteiger partial charge in [0, 0.05) is 10.6 Å². The number of tetrazole rings is 1. The van der Waals surface area contributed by atoms with E-state index in [4.69, 9.17) is 11.6 Å². The van der Waals surface area contributed by atoms with E-state index in [1.165, 1.54) is 4.90 Å². The van der Waals surface area contributed by atoms with Crippen LogP contribution in [0.1, 0.15) is 17.2 Å². The Bertz CT molecular complexity index is 897. The van der Waals surface area contributed by atoms with Gasteiger partial charge in [-0.2, -0.15) is 5.21 Å². The maximum Gasteiger partial charge on any atom is 0.268 e. The molecule has 0 bridgehead atoms. The highest BCUT2D eigenvalue weighted by Gasteiger charge is 2.43. The first kappa shape index (κ1) is 15.6. The number of aliphatic hydroxyl groups is 2. The lowest BCUT2D eigenvalue weighted by atomic mass is 9.94. The zero-order valence-corrected chi connectivity index (χ0v) is 13.7. The number of nitrogens with one attached hydrogen (secondary N) is 1. The molecule has 0 aliphatic carbocycles. The molecule has 2 heterocycles. The number of aromatic nitrogens is 4. The average molecular weight is 356 g/mol. The molecule has 3 N–H and O–H groups in total. The van der Waals surface area contributed by atoms with Crippen molar-refractivity contribution in [2.45, 2.75) is 12.3 Å². The SMILES string of the molecule is OC1=C(c2ccccc2)C(c2ccc(Cl)cc2)N(c2nn[nH]n2)C1O. The molecule has 25 heavy (non-hydrogen) atoms. The van der Waals surface area contributed by atoms with E-state index < -0.39 is 12.3 Å². The van der Waals surface area contributed by atoms with Gasteiger partial charge >= 0.3 is 0 Å². The molecule has 4 rings (SSSR count). The molecular weight excluding hydrogens is 342 g/mol. The normalized spacial score (nSPS) is 20.3. The first-order valence-corrected chi connectivity index (χ1v) is 7.98. The van der Waals surface area contributed by atoms with Gasteiger partial charge in [0.15, 0.2) is 6.23 Å². The summed E-state index contributed by atoms with van der Waals surface area (Å²) in [5, 5.41) is 35.7. The Hall–Kier alpha value is -2.90. The van der Waals surface area contributed by atoms with Gasteiger partial charge in [-0.15, -0.1) is 5.10 Å². The smallest absolute Gasteiger partial charge is 0.268 e. The van der Waals surface area contributed by atoms with Gasteiger partial charge in [0.25, 0.3) is 5.95 Å². The number of benzene rings is 2. The van der Waals surface area contributed by atoms with Gasteiger partial charge in [0.1, 0.15) is 5.76 Å². The van der Waals surface area contributed by atoms with E-state index in [0.29, 0.717) is 10.6 Å². The Morgan fingerprint density at radius 1 is 1.04 bits per heavy atom. The van der Waals surface area contributed by atoms with Gasteiger partial charge in [-0.3, -0.25) is 4.90 Å². The van der Waals surface area contributed by atoms with Gasteiger partial charge in [0.2, 0.25) is 0 Å². The lowest BCUT2D eigenvalue weighted by Crippen LogP contribution is -2.35. The molecule has 1 aromatic heterocycles. The molecule has 0 radical (unpaired) electrons. The fraction of sp³-hybridized carbons (Fsp3) is 0.118. The second-order valence-electron chi connectivity index (χ2n) is 5.61. The van der Waals surface area contributed by atoms with Crippen LogP contribution in [0.25, 0.3) is 5.57 Å². The lowest BCUT2D eigenvalue weighted by molar-refractivity contribution is 0.156. The van der Waals surface area contributed by atoms with E-state index in [1.54, 1.807) is 12.1 Å². The van der Waals surface area contributed by atoms with Crippen LogP contribution in [0.15, 0.2) is 60.4 Å². The van der Waals surface area contributed by atoms with Crippen LogP contribution in [0, 0.1) is 0 Å². The fourth-order valence-corrected chi connectivity index (χ4v) is 3.20. The van der Waals surface area contributed by atoms with Crippen LogP contribution in [0.3, 0.4) is 0 Å². The van der Waals surface area contributed by atoms with Crippen LogP contribution in [0.5, 0.6) is 0 Å². The maximum atomic E-state index is 10.6.